The zero-order chi connectivity index (χ0) is 15.4. The van der Waals surface area contributed by atoms with Crippen LogP contribution in [-0.2, 0) is 11.2 Å². The highest BCUT2D eigenvalue weighted by atomic mass is 35.5. The quantitative estimate of drug-likeness (QED) is 0.829. The van der Waals surface area contributed by atoms with Gasteiger partial charge < -0.3 is 10.2 Å². The summed E-state index contributed by atoms with van der Waals surface area (Å²) in [7, 11) is 1.63. The van der Waals surface area contributed by atoms with Gasteiger partial charge in [0.1, 0.15) is 10.6 Å². The Balaban J connectivity index is 2.49. The molecule has 0 saturated heterocycles. The number of hydrogen-bond acceptors (Lipinski definition) is 5. The van der Waals surface area contributed by atoms with Gasteiger partial charge in [-0.15, -0.1) is 11.3 Å². The van der Waals surface area contributed by atoms with E-state index in [1.54, 1.807) is 18.4 Å². The number of aromatic nitrogens is 2. The number of likely N-dealkylation sites (N-methyl/N-ethyl adjacent to an activating group) is 1. The van der Waals surface area contributed by atoms with Crippen molar-refractivity contribution in [2.45, 2.75) is 26.7 Å². The van der Waals surface area contributed by atoms with E-state index >= 15 is 0 Å². The number of thiophene rings is 1. The van der Waals surface area contributed by atoms with Crippen LogP contribution in [0.4, 0.5) is 5.82 Å². The molecular weight excluding hydrogens is 308 g/mol. The number of halogens is 1. The SMILES string of the molecule is CCCN(CC(=O)NC)c1nc(Cl)nc2sc(CC)cc12. The van der Waals surface area contributed by atoms with Gasteiger partial charge in [0.05, 0.1) is 11.9 Å². The molecule has 0 aliphatic rings. The molecule has 2 aromatic heterocycles. The van der Waals surface area contributed by atoms with Gasteiger partial charge in [-0.2, -0.15) is 4.98 Å². The van der Waals surface area contributed by atoms with Crippen LogP contribution >= 0.6 is 22.9 Å². The van der Waals surface area contributed by atoms with Gasteiger partial charge in [0.15, 0.2) is 0 Å². The molecule has 0 aromatic carbocycles. The van der Waals surface area contributed by atoms with Gasteiger partial charge in [-0.3, -0.25) is 4.79 Å². The number of rotatable bonds is 6. The summed E-state index contributed by atoms with van der Waals surface area (Å²) in [6.07, 6.45) is 1.87. The van der Waals surface area contributed by atoms with Crippen molar-refractivity contribution in [3.63, 3.8) is 0 Å². The molecule has 0 aliphatic carbocycles. The van der Waals surface area contributed by atoms with Gasteiger partial charge in [-0.05, 0) is 30.5 Å². The maximum atomic E-state index is 11.7. The number of amides is 1. The lowest BCUT2D eigenvalue weighted by Crippen LogP contribution is -2.36. The van der Waals surface area contributed by atoms with E-state index in [0.717, 1.165) is 35.4 Å². The van der Waals surface area contributed by atoms with Crippen LogP contribution in [0.15, 0.2) is 6.07 Å². The van der Waals surface area contributed by atoms with Crippen molar-refractivity contribution in [1.29, 1.82) is 0 Å². The maximum absolute atomic E-state index is 11.7. The van der Waals surface area contributed by atoms with Gasteiger partial charge in [0, 0.05) is 18.5 Å². The van der Waals surface area contributed by atoms with Crippen LogP contribution < -0.4 is 10.2 Å². The first-order valence-corrected chi connectivity index (χ1v) is 8.19. The lowest BCUT2D eigenvalue weighted by molar-refractivity contribution is -0.119. The van der Waals surface area contributed by atoms with Crippen molar-refractivity contribution in [3.05, 3.63) is 16.2 Å². The molecule has 7 heteroatoms. The van der Waals surface area contributed by atoms with Crippen LogP contribution in [0.3, 0.4) is 0 Å². The highest BCUT2D eigenvalue weighted by Gasteiger charge is 2.18. The molecule has 1 amide bonds. The van der Waals surface area contributed by atoms with Crippen molar-refractivity contribution in [2.75, 3.05) is 25.0 Å². The highest BCUT2D eigenvalue weighted by Crippen LogP contribution is 2.32. The molecule has 0 saturated carbocycles. The minimum Gasteiger partial charge on any atom is -0.358 e. The Kier molecular flexibility index (Phi) is 5.36. The molecule has 0 radical (unpaired) electrons. The molecular formula is C14H19ClN4OS. The molecule has 1 N–H and O–H groups in total. The Labute approximate surface area is 133 Å². The molecule has 0 bridgehead atoms. The number of anilines is 1. The second kappa shape index (κ2) is 7.04. The molecule has 0 fully saturated rings. The number of nitrogens with one attached hydrogen (secondary N) is 1. The molecule has 2 aromatic rings. The van der Waals surface area contributed by atoms with Gasteiger partial charge in [0.25, 0.3) is 0 Å². The average Bonchev–Trinajstić information content (AvgIpc) is 2.88. The first kappa shape index (κ1) is 16.0. The molecule has 5 nitrogen and oxygen atoms in total. The zero-order valence-electron chi connectivity index (χ0n) is 12.4. The summed E-state index contributed by atoms with van der Waals surface area (Å²) in [6, 6.07) is 2.10. The standard InChI is InChI=1S/C14H19ClN4OS/c1-4-6-19(8-11(20)16-3)12-10-7-9(5-2)21-13(10)18-14(15)17-12/h7H,4-6,8H2,1-3H3,(H,16,20). The zero-order valence-corrected chi connectivity index (χ0v) is 14.0. The molecule has 2 heterocycles. The van der Waals surface area contributed by atoms with E-state index in [9.17, 15) is 4.79 Å². The normalized spacial score (nSPS) is 10.9. The highest BCUT2D eigenvalue weighted by molar-refractivity contribution is 7.18. The van der Waals surface area contributed by atoms with Gasteiger partial charge in [-0.1, -0.05) is 13.8 Å². The summed E-state index contributed by atoms with van der Waals surface area (Å²) in [6.45, 7) is 5.19. The van der Waals surface area contributed by atoms with Crippen LogP contribution in [0.5, 0.6) is 0 Å². The van der Waals surface area contributed by atoms with E-state index in [0.29, 0.717) is 0 Å². The van der Waals surface area contributed by atoms with Crippen LogP contribution in [0.25, 0.3) is 10.2 Å². The van der Waals surface area contributed by atoms with Crippen molar-refractivity contribution in [2.24, 2.45) is 0 Å². The summed E-state index contributed by atoms with van der Waals surface area (Å²) in [5.41, 5.74) is 0. The summed E-state index contributed by atoms with van der Waals surface area (Å²) < 4.78 is 0. The third-order valence-corrected chi connectivity index (χ3v) is 4.49. The Morgan fingerprint density at radius 1 is 1.43 bits per heavy atom. The Hall–Kier alpha value is -1.40. The fraction of sp³-hybridized carbons (Fsp3) is 0.500. The largest absolute Gasteiger partial charge is 0.358 e. The number of nitrogens with zero attached hydrogens (tertiary/aromatic N) is 3. The van der Waals surface area contributed by atoms with Gasteiger partial charge in [-0.25, -0.2) is 4.98 Å². The Bertz CT molecular complexity index is 643. The smallest absolute Gasteiger partial charge is 0.239 e. The minimum absolute atomic E-state index is 0.0442. The molecule has 114 valence electrons. The third kappa shape index (κ3) is 3.63. The van der Waals surface area contributed by atoms with Crippen molar-refractivity contribution >= 4 is 44.9 Å². The lowest BCUT2D eigenvalue weighted by atomic mass is 10.2. The maximum Gasteiger partial charge on any atom is 0.239 e. The second-order valence-electron chi connectivity index (χ2n) is 4.70. The minimum atomic E-state index is -0.0442. The van der Waals surface area contributed by atoms with E-state index < -0.39 is 0 Å². The number of carbonyl (C=O) groups excluding carboxylic acids is 1. The lowest BCUT2D eigenvalue weighted by Gasteiger charge is -2.22. The number of fused-ring (bicyclic) bond motifs is 1. The predicted molar refractivity (Wildman–Crippen MR) is 88.4 cm³/mol. The summed E-state index contributed by atoms with van der Waals surface area (Å²) in [5, 5.41) is 3.84. The van der Waals surface area contributed by atoms with E-state index in [1.165, 1.54) is 4.88 Å². The van der Waals surface area contributed by atoms with Gasteiger partial charge >= 0.3 is 0 Å². The van der Waals surface area contributed by atoms with Crippen LogP contribution in [0.1, 0.15) is 25.1 Å². The van der Waals surface area contributed by atoms with E-state index in [-0.39, 0.29) is 17.7 Å². The molecule has 0 spiro atoms. The Morgan fingerprint density at radius 2 is 2.19 bits per heavy atom. The summed E-state index contributed by atoms with van der Waals surface area (Å²) >= 11 is 7.67. The third-order valence-electron chi connectivity index (χ3n) is 3.15. The Morgan fingerprint density at radius 3 is 2.81 bits per heavy atom. The van der Waals surface area contributed by atoms with Crippen LogP contribution in [0.2, 0.25) is 5.28 Å². The van der Waals surface area contributed by atoms with E-state index in [1.807, 2.05) is 4.90 Å². The summed E-state index contributed by atoms with van der Waals surface area (Å²) in [4.78, 5) is 24.5. The molecule has 0 aliphatic heterocycles. The molecule has 0 unspecified atom stereocenters. The fourth-order valence-electron chi connectivity index (χ4n) is 2.13. The number of carbonyl (C=O) groups is 1. The topological polar surface area (TPSA) is 58.1 Å². The summed E-state index contributed by atoms with van der Waals surface area (Å²) in [5.74, 6) is 0.698. The fourth-order valence-corrected chi connectivity index (χ4v) is 3.30. The van der Waals surface area contributed by atoms with E-state index in [2.05, 4.69) is 35.2 Å². The van der Waals surface area contributed by atoms with Gasteiger partial charge in [0.2, 0.25) is 11.2 Å². The van der Waals surface area contributed by atoms with Crippen molar-refractivity contribution in [1.82, 2.24) is 15.3 Å². The van der Waals surface area contributed by atoms with Crippen molar-refractivity contribution < 1.29 is 4.79 Å². The first-order valence-electron chi connectivity index (χ1n) is 7.00. The molecule has 0 atom stereocenters. The predicted octanol–water partition coefficient (Wildman–Crippen LogP) is 2.87. The average molecular weight is 327 g/mol. The monoisotopic (exact) mass is 326 g/mol. The number of aryl methyl sites for hydroxylation is 1. The van der Waals surface area contributed by atoms with Crippen LogP contribution in [0, 0.1) is 0 Å². The van der Waals surface area contributed by atoms with Crippen LogP contribution in [-0.4, -0.2) is 36.0 Å². The molecule has 21 heavy (non-hydrogen) atoms. The second-order valence-corrected chi connectivity index (χ2v) is 6.15. The number of hydrogen-bond donors (Lipinski definition) is 1. The molecule has 2 rings (SSSR count). The van der Waals surface area contributed by atoms with Crippen molar-refractivity contribution in [3.8, 4) is 0 Å². The van der Waals surface area contributed by atoms with E-state index in [4.69, 9.17) is 11.6 Å². The first-order chi connectivity index (χ1) is 10.1.